The molecule has 4 aromatic rings. The van der Waals surface area contributed by atoms with E-state index in [1.165, 1.54) is 43.1 Å². The van der Waals surface area contributed by atoms with Gasteiger partial charge in [-0.05, 0) is 49.2 Å². The Labute approximate surface area is 164 Å². The van der Waals surface area contributed by atoms with Gasteiger partial charge in [-0.2, -0.15) is 0 Å². The summed E-state index contributed by atoms with van der Waals surface area (Å²) in [6.07, 6.45) is 13.8. The predicted molar refractivity (Wildman–Crippen MR) is 120 cm³/mol. The monoisotopic (exact) mass is 356 g/mol. The summed E-state index contributed by atoms with van der Waals surface area (Å²) in [7, 11) is 0. The number of hydrogen-bond donors (Lipinski definition) is 0. The average Bonchev–Trinajstić information content (AvgIpc) is 2.76. The predicted octanol–water partition coefficient (Wildman–Crippen LogP) is 5.59. The van der Waals surface area contributed by atoms with Crippen LogP contribution < -0.4 is 10.4 Å². The number of allylic oxidation sites excluding steroid dienone is 4. The molecule has 0 N–H and O–H groups in total. The van der Waals surface area contributed by atoms with Crippen LogP contribution in [0.25, 0.3) is 44.8 Å². The SMILES string of the molecule is C1=CC2C=c3cccc(-c4ccc5c(ccc6ccccc65)c4)c3=CC2C=C1. The Hall–Kier alpha value is -3.38. The molecule has 0 spiro atoms. The zero-order chi connectivity index (χ0) is 18.5. The Balaban J connectivity index is 1.58. The van der Waals surface area contributed by atoms with Gasteiger partial charge in [0, 0.05) is 11.8 Å². The highest BCUT2D eigenvalue weighted by atomic mass is 14.2. The largest absolute Gasteiger partial charge is 0.0767 e. The minimum Gasteiger partial charge on any atom is -0.0767 e. The van der Waals surface area contributed by atoms with E-state index in [0.717, 1.165) is 0 Å². The molecule has 0 saturated carbocycles. The third-order valence-electron chi connectivity index (χ3n) is 6.15. The van der Waals surface area contributed by atoms with Crippen molar-refractivity contribution in [2.45, 2.75) is 0 Å². The fraction of sp³-hybridized carbons (Fsp3) is 0.0714. The quantitative estimate of drug-likeness (QED) is 0.390. The Morgan fingerprint density at radius 3 is 2.29 bits per heavy atom. The van der Waals surface area contributed by atoms with Crippen LogP contribution in [0.3, 0.4) is 0 Å². The van der Waals surface area contributed by atoms with Crippen molar-refractivity contribution in [2.75, 3.05) is 0 Å². The number of fused-ring (bicyclic) bond motifs is 5. The molecule has 2 aliphatic rings. The molecule has 0 fully saturated rings. The van der Waals surface area contributed by atoms with Gasteiger partial charge >= 0.3 is 0 Å². The summed E-state index contributed by atoms with van der Waals surface area (Å²) in [4.78, 5) is 0. The van der Waals surface area contributed by atoms with Crippen molar-refractivity contribution in [3.63, 3.8) is 0 Å². The van der Waals surface area contributed by atoms with Crippen molar-refractivity contribution in [3.05, 3.63) is 108 Å². The first-order valence-corrected chi connectivity index (χ1v) is 9.96. The Morgan fingerprint density at radius 1 is 0.571 bits per heavy atom. The maximum absolute atomic E-state index is 2.44. The van der Waals surface area contributed by atoms with E-state index in [-0.39, 0.29) is 0 Å². The van der Waals surface area contributed by atoms with Gasteiger partial charge in [0.15, 0.2) is 0 Å². The van der Waals surface area contributed by atoms with E-state index >= 15 is 0 Å². The van der Waals surface area contributed by atoms with E-state index in [2.05, 4.69) is 109 Å². The minimum atomic E-state index is 0.461. The van der Waals surface area contributed by atoms with Crippen molar-refractivity contribution < 1.29 is 0 Å². The van der Waals surface area contributed by atoms with Gasteiger partial charge < -0.3 is 0 Å². The molecule has 2 atom stereocenters. The highest BCUT2D eigenvalue weighted by molar-refractivity contribution is 6.08. The molecule has 0 aromatic heterocycles. The lowest BCUT2D eigenvalue weighted by molar-refractivity contribution is 0.724. The van der Waals surface area contributed by atoms with Gasteiger partial charge in [0.05, 0.1) is 0 Å². The summed E-state index contributed by atoms with van der Waals surface area (Å²) in [6, 6.07) is 26.7. The van der Waals surface area contributed by atoms with Crippen LogP contribution in [0.2, 0.25) is 0 Å². The normalized spacial score (nSPS) is 19.7. The van der Waals surface area contributed by atoms with Gasteiger partial charge in [0.1, 0.15) is 0 Å². The van der Waals surface area contributed by atoms with E-state index in [9.17, 15) is 0 Å². The molecule has 0 amide bonds. The summed E-state index contributed by atoms with van der Waals surface area (Å²) in [5, 5.41) is 7.95. The maximum atomic E-state index is 2.44. The molecule has 4 aromatic carbocycles. The van der Waals surface area contributed by atoms with Crippen molar-refractivity contribution >= 4 is 33.7 Å². The second kappa shape index (κ2) is 6.07. The first-order valence-electron chi connectivity index (χ1n) is 9.96. The first-order chi connectivity index (χ1) is 13.9. The summed E-state index contributed by atoms with van der Waals surface area (Å²) in [5.74, 6) is 0.943. The summed E-state index contributed by atoms with van der Waals surface area (Å²) in [5.41, 5.74) is 2.61. The first kappa shape index (κ1) is 15.7. The van der Waals surface area contributed by atoms with E-state index < -0.39 is 0 Å². The smallest absolute Gasteiger partial charge is 0.00571 e. The molecule has 0 heteroatoms. The molecule has 0 heterocycles. The molecule has 2 aliphatic carbocycles. The molecule has 0 nitrogen and oxygen atoms in total. The average molecular weight is 356 g/mol. The van der Waals surface area contributed by atoms with Crippen LogP contribution in [0.5, 0.6) is 0 Å². The lowest BCUT2D eigenvalue weighted by Crippen LogP contribution is -2.33. The molecule has 2 unspecified atom stereocenters. The van der Waals surface area contributed by atoms with Crippen molar-refractivity contribution in [2.24, 2.45) is 11.8 Å². The fourth-order valence-corrected chi connectivity index (χ4v) is 4.72. The highest BCUT2D eigenvalue weighted by Crippen LogP contribution is 2.29. The van der Waals surface area contributed by atoms with Gasteiger partial charge in [-0.15, -0.1) is 0 Å². The van der Waals surface area contributed by atoms with Crippen LogP contribution in [0, 0.1) is 11.8 Å². The van der Waals surface area contributed by atoms with E-state index in [1.807, 2.05) is 0 Å². The van der Waals surface area contributed by atoms with E-state index in [4.69, 9.17) is 0 Å². The van der Waals surface area contributed by atoms with Crippen molar-refractivity contribution in [1.29, 1.82) is 0 Å². The Kier molecular flexibility index (Phi) is 3.39. The van der Waals surface area contributed by atoms with Crippen LogP contribution in [-0.2, 0) is 0 Å². The van der Waals surface area contributed by atoms with E-state index in [0.29, 0.717) is 11.8 Å². The van der Waals surface area contributed by atoms with E-state index in [1.54, 1.807) is 0 Å². The molecule has 6 rings (SSSR count). The lowest BCUT2D eigenvalue weighted by atomic mass is 9.82. The molecule has 28 heavy (non-hydrogen) atoms. The summed E-state index contributed by atoms with van der Waals surface area (Å²) in [6.45, 7) is 0. The van der Waals surface area contributed by atoms with Crippen molar-refractivity contribution in [3.8, 4) is 11.1 Å². The van der Waals surface area contributed by atoms with Gasteiger partial charge in [-0.3, -0.25) is 0 Å². The molecular weight excluding hydrogens is 336 g/mol. The van der Waals surface area contributed by atoms with Crippen LogP contribution in [0.1, 0.15) is 0 Å². The molecular formula is C28H20. The van der Waals surface area contributed by atoms with Crippen LogP contribution >= 0.6 is 0 Å². The van der Waals surface area contributed by atoms with Gasteiger partial charge in [-0.1, -0.05) is 103 Å². The third kappa shape index (κ3) is 2.38. The molecule has 0 bridgehead atoms. The number of benzene rings is 4. The maximum Gasteiger partial charge on any atom is 0.00571 e. The van der Waals surface area contributed by atoms with Crippen LogP contribution in [0.4, 0.5) is 0 Å². The molecule has 132 valence electrons. The lowest BCUT2D eigenvalue weighted by Gasteiger charge is -2.22. The van der Waals surface area contributed by atoms with Gasteiger partial charge in [-0.25, -0.2) is 0 Å². The summed E-state index contributed by atoms with van der Waals surface area (Å²) < 4.78 is 0. The third-order valence-corrected chi connectivity index (χ3v) is 6.15. The highest BCUT2D eigenvalue weighted by Gasteiger charge is 2.18. The number of hydrogen-bond acceptors (Lipinski definition) is 0. The van der Waals surface area contributed by atoms with Crippen LogP contribution in [-0.4, -0.2) is 0 Å². The summed E-state index contributed by atoms with van der Waals surface area (Å²) >= 11 is 0. The molecule has 0 saturated heterocycles. The number of rotatable bonds is 1. The standard InChI is InChI=1S/C28H20/c1-2-8-21-18-28-22(16-20(21)7-1)9-5-11-26(28)24-14-15-27-23(17-24)13-12-19-6-3-4-10-25(19)27/h1-18,20-21H. The van der Waals surface area contributed by atoms with Crippen LogP contribution in [0.15, 0.2) is 97.1 Å². The fourth-order valence-electron chi connectivity index (χ4n) is 4.72. The zero-order valence-corrected chi connectivity index (χ0v) is 15.5. The zero-order valence-electron chi connectivity index (χ0n) is 15.5. The second-order valence-electron chi connectivity index (χ2n) is 7.79. The Bertz CT molecular complexity index is 1420. The van der Waals surface area contributed by atoms with Gasteiger partial charge in [0.25, 0.3) is 0 Å². The van der Waals surface area contributed by atoms with Crippen molar-refractivity contribution in [1.82, 2.24) is 0 Å². The minimum absolute atomic E-state index is 0.461. The molecule has 0 radical (unpaired) electrons. The Morgan fingerprint density at radius 2 is 1.36 bits per heavy atom. The second-order valence-corrected chi connectivity index (χ2v) is 7.79. The molecule has 0 aliphatic heterocycles. The van der Waals surface area contributed by atoms with Gasteiger partial charge in [0.2, 0.25) is 0 Å². The topological polar surface area (TPSA) is 0 Å².